The highest BCUT2D eigenvalue weighted by Crippen LogP contribution is 2.16. The highest BCUT2D eigenvalue weighted by Gasteiger charge is 2.37. The maximum absolute atomic E-state index is 10.7. The van der Waals surface area contributed by atoms with Gasteiger partial charge in [0.15, 0.2) is 5.60 Å². The zero-order chi connectivity index (χ0) is 14.4. The number of nitrogens with one attached hydrogen (secondary N) is 2. The molecule has 1 aromatic carbocycles. The summed E-state index contributed by atoms with van der Waals surface area (Å²) in [4.78, 5) is 16.8. The van der Waals surface area contributed by atoms with E-state index in [9.17, 15) is 15.2 Å². The lowest BCUT2D eigenvalue weighted by Gasteiger charge is -2.22. The number of aliphatic hydroxyl groups is 1. The summed E-state index contributed by atoms with van der Waals surface area (Å²) in [5, 5.41) is 24.2. The van der Waals surface area contributed by atoms with Gasteiger partial charge in [-0.05, 0) is 5.56 Å². The van der Waals surface area contributed by atoms with Gasteiger partial charge in [0.1, 0.15) is 5.82 Å². The molecule has 0 aliphatic rings. The molecule has 1 aromatic heterocycles. The second-order valence-corrected chi connectivity index (χ2v) is 4.55. The van der Waals surface area contributed by atoms with E-state index >= 15 is 0 Å². The first-order valence-electron chi connectivity index (χ1n) is 6.19. The minimum absolute atomic E-state index is 0. The number of rotatable bonds is 7. The van der Waals surface area contributed by atoms with Crippen LogP contribution in [0.25, 0.3) is 0 Å². The summed E-state index contributed by atoms with van der Waals surface area (Å²) >= 11 is 0. The molecule has 0 aliphatic heterocycles. The predicted octanol–water partition coefficient (Wildman–Crippen LogP) is 1.09. The molecule has 1 atom stereocenters. The van der Waals surface area contributed by atoms with Crippen molar-refractivity contribution in [3.8, 4) is 0 Å². The molecule has 0 amide bonds. The highest BCUT2D eigenvalue weighted by atomic mass is 35.5. The minimum Gasteiger partial charge on any atom is -0.375 e. The normalized spacial score (nSPS) is 13.2. The van der Waals surface area contributed by atoms with Gasteiger partial charge in [-0.25, -0.2) is 4.98 Å². The van der Waals surface area contributed by atoms with Crippen molar-refractivity contribution in [1.29, 1.82) is 0 Å². The SMILES string of the molecule is Cl.O=[N+]([O-])CC(O)(CNCc1ccccc1)c1ncc[nH]1. The van der Waals surface area contributed by atoms with E-state index in [1.54, 1.807) is 0 Å². The number of H-pyrrole nitrogens is 1. The van der Waals surface area contributed by atoms with Gasteiger partial charge in [-0.1, -0.05) is 30.3 Å². The summed E-state index contributed by atoms with van der Waals surface area (Å²) in [7, 11) is 0. The molecule has 2 rings (SSSR count). The molecule has 3 N–H and O–H groups in total. The quantitative estimate of drug-likeness (QED) is 0.524. The molecule has 0 aliphatic carbocycles. The third-order valence-electron chi connectivity index (χ3n) is 2.92. The second-order valence-electron chi connectivity index (χ2n) is 4.55. The molecule has 8 heteroatoms. The third-order valence-corrected chi connectivity index (χ3v) is 2.92. The van der Waals surface area contributed by atoms with E-state index in [-0.39, 0.29) is 24.8 Å². The Morgan fingerprint density at radius 1 is 1.38 bits per heavy atom. The Labute approximate surface area is 128 Å². The van der Waals surface area contributed by atoms with Gasteiger partial charge in [-0.15, -0.1) is 12.4 Å². The Morgan fingerprint density at radius 3 is 2.67 bits per heavy atom. The van der Waals surface area contributed by atoms with Crippen molar-refractivity contribution in [2.24, 2.45) is 0 Å². The van der Waals surface area contributed by atoms with Crippen LogP contribution in [0, 0.1) is 10.1 Å². The Morgan fingerprint density at radius 2 is 2.10 bits per heavy atom. The van der Waals surface area contributed by atoms with Gasteiger partial charge in [0, 0.05) is 30.4 Å². The van der Waals surface area contributed by atoms with E-state index in [0.29, 0.717) is 6.54 Å². The number of aromatic amines is 1. The summed E-state index contributed by atoms with van der Waals surface area (Å²) in [6, 6.07) is 9.61. The molecule has 1 heterocycles. The van der Waals surface area contributed by atoms with E-state index in [1.165, 1.54) is 12.4 Å². The molecule has 0 bridgehead atoms. The van der Waals surface area contributed by atoms with E-state index in [0.717, 1.165) is 5.56 Å². The summed E-state index contributed by atoms with van der Waals surface area (Å²) < 4.78 is 0. The lowest BCUT2D eigenvalue weighted by molar-refractivity contribution is -0.502. The van der Waals surface area contributed by atoms with Crippen LogP contribution in [-0.2, 0) is 12.1 Å². The van der Waals surface area contributed by atoms with Crippen molar-refractivity contribution < 1.29 is 10.0 Å². The number of hydrogen-bond acceptors (Lipinski definition) is 5. The third kappa shape index (κ3) is 4.82. The van der Waals surface area contributed by atoms with E-state index in [2.05, 4.69) is 15.3 Å². The number of aromatic nitrogens is 2. The summed E-state index contributed by atoms with van der Waals surface area (Å²) in [5.74, 6) is 0.190. The average molecular weight is 313 g/mol. The van der Waals surface area contributed by atoms with Crippen molar-refractivity contribution in [3.05, 3.63) is 64.2 Å². The van der Waals surface area contributed by atoms with Gasteiger partial charge in [-0.3, -0.25) is 10.1 Å². The molecule has 0 saturated carbocycles. The first-order valence-corrected chi connectivity index (χ1v) is 6.19. The van der Waals surface area contributed by atoms with E-state index in [1.807, 2.05) is 30.3 Å². The summed E-state index contributed by atoms with van der Waals surface area (Å²) in [6.07, 6.45) is 2.98. The van der Waals surface area contributed by atoms with Crippen molar-refractivity contribution in [3.63, 3.8) is 0 Å². The Kier molecular flexibility index (Phi) is 6.29. The number of imidazole rings is 1. The van der Waals surface area contributed by atoms with Crippen molar-refractivity contribution in [2.45, 2.75) is 12.1 Å². The molecule has 0 spiro atoms. The summed E-state index contributed by atoms with van der Waals surface area (Å²) in [5.41, 5.74) is -0.614. The van der Waals surface area contributed by atoms with Crippen LogP contribution >= 0.6 is 12.4 Å². The fourth-order valence-corrected chi connectivity index (χ4v) is 1.96. The van der Waals surface area contributed by atoms with Crippen molar-refractivity contribution >= 4 is 12.4 Å². The molecule has 7 nitrogen and oxygen atoms in total. The molecular weight excluding hydrogens is 296 g/mol. The average Bonchev–Trinajstić information content (AvgIpc) is 2.93. The fourth-order valence-electron chi connectivity index (χ4n) is 1.96. The topological polar surface area (TPSA) is 104 Å². The van der Waals surface area contributed by atoms with Crippen LogP contribution in [0.5, 0.6) is 0 Å². The molecule has 0 saturated heterocycles. The summed E-state index contributed by atoms with van der Waals surface area (Å²) in [6.45, 7) is -0.0553. The van der Waals surface area contributed by atoms with Gasteiger partial charge < -0.3 is 15.4 Å². The standard InChI is InChI=1S/C13H16N4O3.ClH/c18-13(10-17(19)20,12-15-6-7-16-12)9-14-8-11-4-2-1-3-5-11;/h1-7,14,18H,8-10H2,(H,15,16);1H. The first-order chi connectivity index (χ1) is 9.60. The maximum atomic E-state index is 10.7. The number of halogens is 1. The highest BCUT2D eigenvalue weighted by molar-refractivity contribution is 5.85. The Bertz CT molecular complexity index is 550. The molecule has 0 radical (unpaired) electrons. The first kappa shape index (κ1) is 17.1. The number of benzene rings is 1. The van der Waals surface area contributed by atoms with Crippen LogP contribution in [0.3, 0.4) is 0 Å². The van der Waals surface area contributed by atoms with E-state index in [4.69, 9.17) is 0 Å². The van der Waals surface area contributed by atoms with Gasteiger partial charge in [0.05, 0.1) is 0 Å². The number of nitro groups is 1. The van der Waals surface area contributed by atoms with Gasteiger partial charge in [0.25, 0.3) is 0 Å². The lowest BCUT2D eigenvalue weighted by Crippen LogP contribution is -2.44. The molecular formula is C13H17ClN4O3. The van der Waals surface area contributed by atoms with Crippen LogP contribution in [0.4, 0.5) is 0 Å². The monoisotopic (exact) mass is 312 g/mol. The van der Waals surface area contributed by atoms with Crippen LogP contribution in [0.15, 0.2) is 42.7 Å². The smallest absolute Gasteiger partial charge is 0.240 e. The molecule has 2 aromatic rings. The minimum atomic E-state index is -1.65. The molecule has 1 unspecified atom stereocenters. The van der Waals surface area contributed by atoms with Crippen LogP contribution < -0.4 is 5.32 Å². The predicted molar refractivity (Wildman–Crippen MR) is 79.7 cm³/mol. The van der Waals surface area contributed by atoms with Gasteiger partial charge >= 0.3 is 0 Å². The van der Waals surface area contributed by atoms with Crippen LogP contribution in [0.2, 0.25) is 0 Å². The van der Waals surface area contributed by atoms with Crippen molar-refractivity contribution in [1.82, 2.24) is 15.3 Å². The van der Waals surface area contributed by atoms with Gasteiger partial charge in [-0.2, -0.15) is 0 Å². The van der Waals surface area contributed by atoms with Gasteiger partial charge in [0.2, 0.25) is 6.54 Å². The largest absolute Gasteiger partial charge is 0.375 e. The Balaban J connectivity index is 0.00000220. The molecule has 0 fully saturated rings. The Hall–Kier alpha value is -1.96. The number of hydrogen-bond donors (Lipinski definition) is 3. The zero-order valence-corrected chi connectivity index (χ0v) is 12.0. The van der Waals surface area contributed by atoms with Crippen LogP contribution in [-0.4, -0.2) is 33.1 Å². The molecule has 114 valence electrons. The molecule has 21 heavy (non-hydrogen) atoms. The van der Waals surface area contributed by atoms with Crippen molar-refractivity contribution in [2.75, 3.05) is 13.1 Å². The lowest BCUT2D eigenvalue weighted by atomic mass is 10.0. The van der Waals surface area contributed by atoms with E-state index < -0.39 is 17.1 Å². The zero-order valence-electron chi connectivity index (χ0n) is 11.2. The second kappa shape index (κ2) is 7.72. The maximum Gasteiger partial charge on any atom is 0.240 e. The van der Waals surface area contributed by atoms with Crippen LogP contribution in [0.1, 0.15) is 11.4 Å². The number of nitrogens with zero attached hydrogens (tertiary/aromatic N) is 2. The fraction of sp³-hybridized carbons (Fsp3) is 0.308.